The lowest BCUT2D eigenvalue weighted by atomic mass is 10.4. The maximum absolute atomic E-state index is 12.7. The molecule has 0 saturated heterocycles. The Balaban J connectivity index is 2.91. The summed E-state index contributed by atoms with van der Waals surface area (Å²) in [6.45, 7) is 9.19. The van der Waals surface area contributed by atoms with E-state index in [1.54, 1.807) is 0 Å². The van der Waals surface area contributed by atoms with Gasteiger partial charge in [0.25, 0.3) is 0 Å². The van der Waals surface area contributed by atoms with Crippen LogP contribution in [0.25, 0.3) is 0 Å². The first-order chi connectivity index (χ1) is 8.22. The predicted molar refractivity (Wildman–Crippen MR) is 75.0 cm³/mol. The van der Waals surface area contributed by atoms with E-state index in [1.807, 2.05) is 34.6 Å². The Morgan fingerprint density at radius 2 is 1.78 bits per heavy atom. The van der Waals surface area contributed by atoms with E-state index in [1.165, 1.54) is 11.3 Å². The van der Waals surface area contributed by atoms with Crippen LogP contribution >= 0.6 is 18.9 Å². The number of nitrogens with two attached hydrogens (primary N) is 1. The molecule has 0 bridgehead atoms. The summed E-state index contributed by atoms with van der Waals surface area (Å²) in [5.74, 6) is 0. The van der Waals surface area contributed by atoms with Crippen LogP contribution in [-0.4, -0.2) is 17.2 Å². The fraction of sp³-hybridized carbons (Fsp3) is 0.727. The maximum atomic E-state index is 12.7. The zero-order valence-electron chi connectivity index (χ0n) is 11.5. The van der Waals surface area contributed by atoms with Gasteiger partial charge < -0.3 is 14.8 Å². The van der Waals surface area contributed by atoms with Crippen molar-refractivity contribution >= 4 is 24.1 Å². The molecular formula is C11H21N2O3PS. The number of hydrogen-bond acceptors (Lipinski definition) is 6. The Kier molecular flexibility index (Phi) is 5.34. The lowest BCUT2D eigenvalue weighted by molar-refractivity contribution is 0.142. The van der Waals surface area contributed by atoms with Crippen molar-refractivity contribution in [3.8, 4) is 0 Å². The van der Waals surface area contributed by atoms with Gasteiger partial charge in [-0.1, -0.05) is 0 Å². The van der Waals surface area contributed by atoms with Gasteiger partial charge in [-0.3, -0.25) is 4.57 Å². The second kappa shape index (κ2) is 6.15. The predicted octanol–water partition coefficient (Wildman–Crippen LogP) is 3.58. The minimum absolute atomic E-state index is 0.153. The first-order valence-corrected chi connectivity index (χ1v) is 8.44. The average Bonchev–Trinajstić information content (AvgIpc) is 2.40. The molecule has 0 spiro atoms. The molecule has 0 radical (unpaired) electrons. The molecule has 0 unspecified atom stereocenters. The summed E-state index contributed by atoms with van der Waals surface area (Å²) in [5, 5.41) is 0.475. The summed E-state index contributed by atoms with van der Waals surface area (Å²) in [4.78, 5) is 4.98. The van der Waals surface area contributed by atoms with Crippen molar-refractivity contribution in [3.05, 3.63) is 10.6 Å². The molecule has 18 heavy (non-hydrogen) atoms. The van der Waals surface area contributed by atoms with E-state index in [0.717, 1.165) is 10.6 Å². The molecule has 5 nitrogen and oxygen atoms in total. The van der Waals surface area contributed by atoms with E-state index >= 15 is 0 Å². The third kappa shape index (κ3) is 4.69. The molecule has 1 heterocycles. The molecule has 1 aromatic rings. The van der Waals surface area contributed by atoms with Crippen molar-refractivity contribution in [1.82, 2.24) is 4.98 Å². The number of thiazole rings is 1. The van der Waals surface area contributed by atoms with E-state index in [9.17, 15) is 4.57 Å². The third-order valence-corrected chi connectivity index (χ3v) is 5.38. The molecule has 0 amide bonds. The first-order valence-electron chi connectivity index (χ1n) is 5.89. The smallest absolute Gasteiger partial charge is 0.336 e. The highest BCUT2D eigenvalue weighted by Crippen LogP contribution is 2.54. The molecule has 7 heteroatoms. The summed E-state index contributed by atoms with van der Waals surface area (Å²) in [6, 6.07) is 0. The van der Waals surface area contributed by atoms with Crippen LogP contribution in [0.2, 0.25) is 0 Å². The highest BCUT2D eigenvalue weighted by atomic mass is 32.1. The molecule has 0 aliphatic heterocycles. The standard InChI is InChI=1S/C11H21N2O3PS/c1-7(2)15-17(14,16-8(3)4)6-10-9(5)13-11(12)18-10/h7-8H,6H2,1-5H3,(H2,12,13). The molecule has 0 aliphatic rings. The molecule has 0 fully saturated rings. The second-order valence-electron chi connectivity index (χ2n) is 4.64. The molecule has 0 aliphatic carbocycles. The highest BCUT2D eigenvalue weighted by Gasteiger charge is 2.30. The molecule has 104 valence electrons. The van der Waals surface area contributed by atoms with Gasteiger partial charge >= 0.3 is 7.60 Å². The van der Waals surface area contributed by atoms with Gasteiger partial charge in [0.1, 0.15) is 0 Å². The van der Waals surface area contributed by atoms with Gasteiger partial charge in [0, 0.05) is 4.88 Å². The lowest BCUT2D eigenvalue weighted by Crippen LogP contribution is -2.09. The molecule has 0 saturated carbocycles. The van der Waals surface area contributed by atoms with Crippen LogP contribution in [0, 0.1) is 6.92 Å². The van der Waals surface area contributed by atoms with E-state index in [0.29, 0.717) is 5.13 Å². The fourth-order valence-electron chi connectivity index (χ4n) is 1.51. The first kappa shape index (κ1) is 15.6. The van der Waals surface area contributed by atoms with Crippen molar-refractivity contribution in [2.24, 2.45) is 0 Å². The van der Waals surface area contributed by atoms with Crippen molar-refractivity contribution < 1.29 is 13.6 Å². The van der Waals surface area contributed by atoms with Crippen molar-refractivity contribution in [2.45, 2.75) is 53.0 Å². The van der Waals surface area contributed by atoms with Gasteiger partial charge in [-0.2, -0.15) is 0 Å². The Hall–Kier alpha value is -0.420. The lowest BCUT2D eigenvalue weighted by Gasteiger charge is -2.22. The summed E-state index contributed by atoms with van der Waals surface area (Å²) in [6.07, 6.45) is -0.0790. The van der Waals surface area contributed by atoms with Crippen LogP contribution in [0.15, 0.2) is 0 Å². The van der Waals surface area contributed by atoms with E-state index in [2.05, 4.69) is 4.98 Å². The van der Waals surface area contributed by atoms with Crippen LogP contribution in [-0.2, 0) is 19.8 Å². The van der Waals surface area contributed by atoms with Gasteiger partial charge in [0.2, 0.25) is 0 Å². The number of nitrogens with zero attached hydrogens (tertiary/aromatic N) is 1. The van der Waals surface area contributed by atoms with Crippen molar-refractivity contribution in [3.63, 3.8) is 0 Å². The topological polar surface area (TPSA) is 74.4 Å². The summed E-state index contributed by atoms with van der Waals surface area (Å²) in [7, 11) is -3.15. The third-order valence-electron chi connectivity index (χ3n) is 1.99. The number of nitrogen functional groups attached to an aromatic ring is 1. The summed E-state index contributed by atoms with van der Waals surface area (Å²) >= 11 is 1.33. The van der Waals surface area contributed by atoms with Crippen LogP contribution < -0.4 is 5.73 Å². The molecular weight excluding hydrogens is 271 g/mol. The SMILES string of the molecule is Cc1nc(N)sc1CP(=O)(OC(C)C)OC(C)C. The zero-order valence-corrected chi connectivity index (χ0v) is 13.2. The largest absolute Gasteiger partial charge is 0.375 e. The van der Waals surface area contributed by atoms with E-state index in [-0.39, 0.29) is 18.4 Å². The normalized spacial score (nSPS) is 12.6. The Morgan fingerprint density at radius 3 is 2.11 bits per heavy atom. The second-order valence-corrected chi connectivity index (χ2v) is 7.71. The van der Waals surface area contributed by atoms with E-state index in [4.69, 9.17) is 14.8 Å². The molecule has 1 rings (SSSR count). The van der Waals surface area contributed by atoms with Gasteiger partial charge in [0.05, 0.1) is 24.1 Å². The Bertz CT molecular complexity index is 431. The number of anilines is 1. The van der Waals surface area contributed by atoms with Gasteiger partial charge in [0.15, 0.2) is 5.13 Å². The van der Waals surface area contributed by atoms with Crippen LogP contribution in [0.1, 0.15) is 38.3 Å². The fourth-order valence-corrected chi connectivity index (χ4v) is 4.94. The Labute approximate surface area is 112 Å². The molecule has 0 atom stereocenters. The molecule has 2 N–H and O–H groups in total. The summed E-state index contributed by atoms with van der Waals surface area (Å²) in [5.41, 5.74) is 6.43. The van der Waals surface area contributed by atoms with Crippen molar-refractivity contribution in [2.75, 3.05) is 5.73 Å². The monoisotopic (exact) mass is 292 g/mol. The maximum Gasteiger partial charge on any atom is 0.336 e. The number of rotatable bonds is 6. The zero-order chi connectivity index (χ0) is 13.9. The quantitative estimate of drug-likeness (QED) is 0.811. The van der Waals surface area contributed by atoms with Crippen molar-refractivity contribution in [1.29, 1.82) is 0 Å². The molecule has 0 aromatic carbocycles. The minimum atomic E-state index is -3.15. The van der Waals surface area contributed by atoms with Crippen LogP contribution in [0.3, 0.4) is 0 Å². The average molecular weight is 292 g/mol. The highest BCUT2D eigenvalue weighted by molar-refractivity contribution is 7.53. The van der Waals surface area contributed by atoms with Crippen LogP contribution in [0.4, 0.5) is 5.13 Å². The van der Waals surface area contributed by atoms with Gasteiger partial charge in [-0.05, 0) is 34.6 Å². The Morgan fingerprint density at radius 1 is 1.28 bits per heavy atom. The molecule has 1 aromatic heterocycles. The number of aromatic nitrogens is 1. The van der Waals surface area contributed by atoms with Gasteiger partial charge in [-0.25, -0.2) is 4.98 Å². The van der Waals surface area contributed by atoms with Gasteiger partial charge in [-0.15, -0.1) is 11.3 Å². The minimum Gasteiger partial charge on any atom is -0.375 e. The van der Waals surface area contributed by atoms with Crippen LogP contribution in [0.5, 0.6) is 0 Å². The van der Waals surface area contributed by atoms with E-state index < -0.39 is 7.60 Å². The summed E-state index contributed by atoms with van der Waals surface area (Å²) < 4.78 is 23.6. The number of aryl methyl sites for hydroxylation is 1. The number of hydrogen-bond donors (Lipinski definition) is 1.